The largest absolute Gasteiger partial charge is 0.493 e. The lowest BCUT2D eigenvalue weighted by Crippen LogP contribution is -2.42. The normalized spacial score (nSPS) is 15.5. The van der Waals surface area contributed by atoms with Gasteiger partial charge in [-0.1, -0.05) is 6.92 Å². The van der Waals surface area contributed by atoms with Crippen molar-refractivity contribution >= 4 is 18.3 Å². The molecule has 26 heavy (non-hydrogen) atoms. The summed E-state index contributed by atoms with van der Waals surface area (Å²) < 4.78 is 16.0. The number of nitrogens with one attached hydrogen (secondary N) is 2. The molecule has 1 aromatic carbocycles. The molecule has 1 aromatic rings. The third-order valence-corrected chi connectivity index (χ3v) is 4.89. The second-order valence-corrected chi connectivity index (χ2v) is 6.87. The predicted octanol–water partition coefficient (Wildman–Crippen LogP) is 2.57. The summed E-state index contributed by atoms with van der Waals surface area (Å²) in [6.07, 6.45) is 3.26. The molecule has 0 bridgehead atoms. The summed E-state index contributed by atoms with van der Waals surface area (Å²) in [5, 5.41) is 6.45. The Bertz CT molecular complexity index is 564. The number of benzene rings is 1. The van der Waals surface area contributed by atoms with Crippen LogP contribution in [0.4, 0.5) is 0 Å². The lowest BCUT2D eigenvalue weighted by Gasteiger charge is -2.34. The zero-order valence-corrected chi connectivity index (χ0v) is 17.0. The molecule has 7 heteroatoms. The molecule has 0 aromatic heterocycles. The van der Waals surface area contributed by atoms with Gasteiger partial charge in [0.15, 0.2) is 11.5 Å². The number of amides is 1. The van der Waals surface area contributed by atoms with Gasteiger partial charge in [0.2, 0.25) is 11.7 Å². The zero-order chi connectivity index (χ0) is 18.3. The maximum absolute atomic E-state index is 12.2. The van der Waals surface area contributed by atoms with Crippen molar-refractivity contribution in [3.8, 4) is 17.2 Å². The standard InChI is InChI=1S/C19H30N2O4.ClH/c1-19(7-9-20-10-8-19)13-21-17(22)6-5-14-11-15(23-2)18(25-4)16(12-14)24-3;/h11-12,20H,5-10,13H2,1-4H3,(H,21,22);1H. The van der Waals surface area contributed by atoms with Crippen molar-refractivity contribution in [3.05, 3.63) is 17.7 Å². The molecule has 1 aliphatic heterocycles. The van der Waals surface area contributed by atoms with Gasteiger partial charge in [-0.15, -0.1) is 12.4 Å². The fourth-order valence-electron chi connectivity index (χ4n) is 3.15. The van der Waals surface area contributed by atoms with Crippen molar-refractivity contribution in [1.29, 1.82) is 0 Å². The van der Waals surface area contributed by atoms with Gasteiger partial charge in [0.05, 0.1) is 21.3 Å². The molecule has 0 aliphatic carbocycles. The number of carbonyl (C=O) groups is 1. The summed E-state index contributed by atoms with van der Waals surface area (Å²) in [7, 11) is 4.76. The Morgan fingerprint density at radius 1 is 1.12 bits per heavy atom. The average molecular weight is 387 g/mol. The van der Waals surface area contributed by atoms with Crippen molar-refractivity contribution < 1.29 is 19.0 Å². The molecular weight excluding hydrogens is 356 g/mol. The maximum Gasteiger partial charge on any atom is 0.220 e. The molecule has 0 saturated carbocycles. The first-order valence-electron chi connectivity index (χ1n) is 8.77. The Morgan fingerprint density at radius 3 is 2.19 bits per heavy atom. The van der Waals surface area contributed by atoms with Gasteiger partial charge in [0, 0.05) is 13.0 Å². The van der Waals surface area contributed by atoms with Crippen LogP contribution in [0.2, 0.25) is 0 Å². The monoisotopic (exact) mass is 386 g/mol. The van der Waals surface area contributed by atoms with Gasteiger partial charge in [-0.2, -0.15) is 0 Å². The van der Waals surface area contributed by atoms with E-state index in [1.807, 2.05) is 12.1 Å². The minimum atomic E-state index is 0. The van der Waals surface area contributed by atoms with Crippen LogP contribution in [0.25, 0.3) is 0 Å². The minimum absolute atomic E-state index is 0. The van der Waals surface area contributed by atoms with Crippen molar-refractivity contribution in [3.63, 3.8) is 0 Å². The third kappa shape index (κ3) is 5.95. The van der Waals surface area contributed by atoms with Crippen LogP contribution in [0, 0.1) is 5.41 Å². The summed E-state index contributed by atoms with van der Waals surface area (Å²) in [4.78, 5) is 12.2. The average Bonchev–Trinajstić information content (AvgIpc) is 2.64. The number of piperidine rings is 1. The summed E-state index contributed by atoms with van der Waals surface area (Å²) in [5.74, 6) is 1.87. The highest BCUT2D eigenvalue weighted by Crippen LogP contribution is 2.38. The first-order valence-corrected chi connectivity index (χ1v) is 8.77. The van der Waals surface area contributed by atoms with Gasteiger partial charge in [0.1, 0.15) is 0 Å². The van der Waals surface area contributed by atoms with E-state index < -0.39 is 0 Å². The summed E-state index contributed by atoms with van der Waals surface area (Å²) in [6.45, 7) is 5.03. The predicted molar refractivity (Wildman–Crippen MR) is 105 cm³/mol. The highest BCUT2D eigenvalue weighted by molar-refractivity contribution is 5.85. The Morgan fingerprint density at radius 2 is 1.69 bits per heavy atom. The van der Waals surface area contributed by atoms with E-state index in [1.54, 1.807) is 21.3 Å². The molecule has 1 heterocycles. The number of aryl methyl sites for hydroxylation is 1. The molecule has 1 saturated heterocycles. The van der Waals surface area contributed by atoms with Gasteiger partial charge in [-0.05, 0) is 55.5 Å². The maximum atomic E-state index is 12.2. The molecule has 0 spiro atoms. The molecule has 2 rings (SSSR count). The van der Waals surface area contributed by atoms with Crippen LogP contribution in [-0.4, -0.2) is 46.9 Å². The number of halogens is 1. The molecule has 1 fully saturated rings. The van der Waals surface area contributed by atoms with E-state index in [2.05, 4.69) is 17.6 Å². The van der Waals surface area contributed by atoms with E-state index in [0.717, 1.165) is 38.0 Å². The van der Waals surface area contributed by atoms with Crippen molar-refractivity contribution in [1.82, 2.24) is 10.6 Å². The summed E-state index contributed by atoms with van der Waals surface area (Å²) in [6, 6.07) is 3.78. The fraction of sp³-hybridized carbons (Fsp3) is 0.632. The molecule has 1 amide bonds. The van der Waals surface area contributed by atoms with Crippen LogP contribution in [0.1, 0.15) is 31.7 Å². The number of methoxy groups -OCH3 is 3. The molecule has 0 atom stereocenters. The van der Waals surface area contributed by atoms with E-state index >= 15 is 0 Å². The van der Waals surface area contributed by atoms with Crippen LogP contribution in [0.5, 0.6) is 17.2 Å². The van der Waals surface area contributed by atoms with Crippen LogP contribution >= 0.6 is 12.4 Å². The second kappa shape index (κ2) is 10.5. The van der Waals surface area contributed by atoms with Crippen LogP contribution in [0.3, 0.4) is 0 Å². The topological polar surface area (TPSA) is 68.8 Å². The molecule has 0 radical (unpaired) electrons. The SMILES string of the molecule is COc1cc(CCC(=O)NCC2(C)CCNCC2)cc(OC)c1OC.Cl. The number of hydrogen-bond acceptors (Lipinski definition) is 5. The van der Waals surface area contributed by atoms with Crippen molar-refractivity contribution in [2.75, 3.05) is 41.0 Å². The van der Waals surface area contributed by atoms with E-state index in [0.29, 0.717) is 30.1 Å². The van der Waals surface area contributed by atoms with Crippen LogP contribution in [-0.2, 0) is 11.2 Å². The minimum Gasteiger partial charge on any atom is -0.493 e. The fourth-order valence-corrected chi connectivity index (χ4v) is 3.15. The van der Waals surface area contributed by atoms with E-state index in [9.17, 15) is 4.79 Å². The van der Waals surface area contributed by atoms with Gasteiger partial charge in [-0.25, -0.2) is 0 Å². The van der Waals surface area contributed by atoms with E-state index in [4.69, 9.17) is 14.2 Å². The molecule has 2 N–H and O–H groups in total. The number of ether oxygens (including phenoxy) is 3. The Kier molecular flexibility index (Phi) is 9.02. The summed E-state index contributed by atoms with van der Waals surface area (Å²) in [5.41, 5.74) is 1.19. The lowest BCUT2D eigenvalue weighted by atomic mass is 9.81. The highest BCUT2D eigenvalue weighted by Gasteiger charge is 2.26. The quantitative estimate of drug-likeness (QED) is 0.718. The molecule has 1 aliphatic rings. The summed E-state index contributed by atoms with van der Waals surface area (Å²) >= 11 is 0. The number of carbonyl (C=O) groups excluding carboxylic acids is 1. The van der Waals surface area contributed by atoms with E-state index in [1.165, 1.54) is 0 Å². The first kappa shape index (κ1) is 22.4. The Hall–Kier alpha value is -1.66. The second-order valence-electron chi connectivity index (χ2n) is 6.87. The zero-order valence-electron chi connectivity index (χ0n) is 16.1. The third-order valence-electron chi connectivity index (χ3n) is 4.89. The number of hydrogen-bond donors (Lipinski definition) is 2. The van der Waals surface area contributed by atoms with Gasteiger partial charge < -0.3 is 24.8 Å². The van der Waals surface area contributed by atoms with Crippen molar-refractivity contribution in [2.45, 2.75) is 32.6 Å². The first-order chi connectivity index (χ1) is 12.0. The molecular formula is C19H31ClN2O4. The van der Waals surface area contributed by atoms with Gasteiger partial charge in [-0.3, -0.25) is 4.79 Å². The molecule has 148 valence electrons. The number of rotatable bonds is 8. The van der Waals surface area contributed by atoms with Crippen LogP contribution in [0.15, 0.2) is 12.1 Å². The van der Waals surface area contributed by atoms with Gasteiger partial charge in [0.25, 0.3) is 0 Å². The Balaban J connectivity index is 0.00000338. The van der Waals surface area contributed by atoms with Gasteiger partial charge >= 0.3 is 0 Å². The lowest BCUT2D eigenvalue weighted by molar-refractivity contribution is -0.121. The van der Waals surface area contributed by atoms with E-state index in [-0.39, 0.29) is 23.7 Å². The smallest absolute Gasteiger partial charge is 0.220 e. The molecule has 0 unspecified atom stereocenters. The Labute approximate surface area is 162 Å². The van der Waals surface area contributed by atoms with Crippen molar-refractivity contribution in [2.24, 2.45) is 5.41 Å². The van der Waals surface area contributed by atoms with Crippen LogP contribution < -0.4 is 24.8 Å². The highest BCUT2D eigenvalue weighted by atomic mass is 35.5. The molecule has 6 nitrogen and oxygen atoms in total.